The van der Waals surface area contributed by atoms with Gasteiger partial charge in [-0.1, -0.05) is 6.07 Å². The van der Waals surface area contributed by atoms with Gasteiger partial charge in [0.25, 0.3) is 0 Å². The van der Waals surface area contributed by atoms with E-state index in [0.717, 1.165) is 44.1 Å². The van der Waals surface area contributed by atoms with Gasteiger partial charge in [-0.25, -0.2) is 9.97 Å². The van der Waals surface area contributed by atoms with E-state index in [0.29, 0.717) is 0 Å². The molecule has 0 saturated heterocycles. The lowest BCUT2D eigenvalue weighted by Crippen LogP contribution is -2.08. The summed E-state index contributed by atoms with van der Waals surface area (Å²) in [4.78, 5) is 10.0. The van der Waals surface area contributed by atoms with Crippen LogP contribution in [0, 0.1) is 0 Å². The molecule has 1 N–H and O–H groups in total. The second kappa shape index (κ2) is 5.46. The predicted octanol–water partition coefficient (Wildman–Crippen LogP) is 2.27. The molecule has 0 unspecified atom stereocenters. The van der Waals surface area contributed by atoms with Crippen molar-refractivity contribution in [1.29, 1.82) is 0 Å². The quantitative estimate of drug-likeness (QED) is 0.920. The van der Waals surface area contributed by atoms with Crippen molar-refractivity contribution in [2.75, 3.05) is 18.5 Å². The fraction of sp³-hybridized carbons (Fsp3) is 0.385. The van der Waals surface area contributed by atoms with Crippen molar-refractivity contribution in [2.45, 2.75) is 19.4 Å². The minimum atomic E-state index is 0.758. The third-order valence-corrected chi connectivity index (χ3v) is 3.90. The van der Waals surface area contributed by atoms with E-state index in [-0.39, 0.29) is 0 Å². The molecule has 4 nitrogen and oxygen atoms in total. The van der Waals surface area contributed by atoms with Gasteiger partial charge in [-0.05, 0) is 11.4 Å². The zero-order valence-electron chi connectivity index (χ0n) is 10.1. The molecule has 0 saturated carbocycles. The molecule has 0 spiro atoms. The van der Waals surface area contributed by atoms with Gasteiger partial charge >= 0.3 is 0 Å². The number of hydrogen-bond acceptors (Lipinski definition) is 5. The predicted molar refractivity (Wildman–Crippen MR) is 71.9 cm³/mol. The van der Waals surface area contributed by atoms with E-state index < -0.39 is 0 Å². The number of fused-ring (bicyclic) bond motifs is 1. The van der Waals surface area contributed by atoms with E-state index in [9.17, 15) is 0 Å². The van der Waals surface area contributed by atoms with Crippen LogP contribution in [0.2, 0.25) is 0 Å². The van der Waals surface area contributed by atoms with Gasteiger partial charge in [0.15, 0.2) is 0 Å². The van der Waals surface area contributed by atoms with Crippen LogP contribution in [0.25, 0.3) is 0 Å². The number of hydrogen-bond donors (Lipinski definition) is 1. The van der Waals surface area contributed by atoms with Gasteiger partial charge in [0, 0.05) is 23.3 Å². The molecule has 0 bridgehead atoms. The maximum Gasteiger partial charge on any atom is 0.133 e. The summed E-state index contributed by atoms with van der Waals surface area (Å²) in [5, 5.41) is 5.50. The van der Waals surface area contributed by atoms with Gasteiger partial charge < -0.3 is 10.1 Å². The maximum absolute atomic E-state index is 5.49. The lowest BCUT2D eigenvalue weighted by molar-refractivity contribution is 0.146. The first kappa shape index (κ1) is 11.6. The summed E-state index contributed by atoms with van der Waals surface area (Å²) in [6, 6.07) is 4.19. The highest BCUT2D eigenvalue weighted by Gasteiger charge is 2.14. The summed E-state index contributed by atoms with van der Waals surface area (Å²) in [6.07, 6.45) is 3.41. The maximum atomic E-state index is 5.49. The Morgan fingerprint density at radius 1 is 1.28 bits per heavy atom. The second-order valence-corrected chi connectivity index (χ2v) is 5.23. The second-order valence-electron chi connectivity index (χ2n) is 4.19. The van der Waals surface area contributed by atoms with Gasteiger partial charge in [0.2, 0.25) is 0 Å². The largest absolute Gasteiger partial charge is 0.381 e. The van der Waals surface area contributed by atoms with Crippen LogP contribution in [0.3, 0.4) is 0 Å². The Morgan fingerprint density at radius 3 is 3.11 bits per heavy atom. The summed E-state index contributed by atoms with van der Waals surface area (Å²) >= 11 is 1.75. The topological polar surface area (TPSA) is 47.0 Å². The van der Waals surface area contributed by atoms with Gasteiger partial charge in [0.05, 0.1) is 25.5 Å². The average molecular weight is 261 g/mol. The summed E-state index contributed by atoms with van der Waals surface area (Å²) < 4.78 is 5.49. The zero-order chi connectivity index (χ0) is 12.2. The van der Waals surface area contributed by atoms with Crippen LogP contribution in [0.5, 0.6) is 0 Å². The molecule has 1 aliphatic heterocycles. The molecule has 2 aromatic heterocycles. The minimum absolute atomic E-state index is 0.758. The number of aromatic nitrogens is 2. The number of rotatable bonds is 3. The smallest absolute Gasteiger partial charge is 0.133 e. The van der Waals surface area contributed by atoms with Gasteiger partial charge in [-0.2, -0.15) is 0 Å². The Labute approximate surface area is 110 Å². The average Bonchev–Trinajstić information content (AvgIpc) is 2.79. The van der Waals surface area contributed by atoms with Crippen LogP contribution < -0.4 is 5.32 Å². The van der Waals surface area contributed by atoms with Gasteiger partial charge in [0.1, 0.15) is 12.1 Å². The van der Waals surface area contributed by atoms with Crippen LogP contribution in [-0.2, 0) is 24.1 Å². The molecular weight excluding hydrogens is 246 g/mol. The van der Waals surface area contributed by atoms with Crippen molar-refractivity contribution in [3.8, 4) is 0 Å². The fourth-order valence-electron chi connectivity index (χ4n) is 2.11. The molecule has 0 aliphatic carbocycles. The fourth-order valence-corrected chi connectivity index (χ4v) is 2.75. The third kappa shape index (κ3) is 2.52. The van der Waals surface area contributed by atoms with Crippen molar-refractivity contribution >= 4 is 17.2 Å². The third-order valence-electron chi connectivity index (χ3n) is 3.02. The molecule has 2 aromatic rings. The first-order chi connectivity index (χ1) is 8.93. The molecule has 0 atom stereocenters. The van der Waals surface area contributed by atoms with E-state index in [1.54, 1.807) is 17.7 Å². The van der Waals surface area contributed by atoms with Crippen molar-refractivity contribution in [2.24, 2.45) is 0 Å². The van der Waals surface area contributed by atoms with Crippen LogP contribution in [0.4, 0.5) is 5.82 Å². The van der Waals surface area contributed by atoms with E-state index in [2.05, 4.69) is 32.8 Å². The summed E-state index contributed by atoms with van der Waals surface area (Å²) in [7, 11) is 0. The summed E-state index contributed by atoms with van der Waals surface area (Å²) in [5.74, 6) is 0.957. The van der Waals surface area contributed by atoms with Crippen molar-refractivity contribution in [3.05, 3.63) is 40.0 Å². The first-order valence-corrected chi connectivity index (χ1v) is 6.98. The lowest BCUT2D eigenvalue weighted by atomic mass is 10.1. The molecule has 94 valence electrons. The molecule has 3 rings (SSSR count). The first-order valence-electron chi connectivity index (χ1n) is 6.10. The highest BCUT2D eigenvalue weighted by atomic mass is 32.1. The number of anilines is 1. The van der Waals surface area contributed by atoms with Gasteiger partial charge in [-0.3, -0.25) is 0 Å². The molecule has 0 aromatic carbocycles. The Bertz CT molecular complexity index is 513. The number of nitrogens with zero attached hydrogens (tertiary/aromatic N) is 2. The standard InChI is InChI=1S/C13H15N3OS/c1-2-10(18-7-1)8-14-13-11-3-5-17-6-4-12(11)15-9-16-13/h1-2,7,9H,3-6,8H2,(H,14,15,16). The Kier molecular flexibility index (Phi) is 3.52. The molecule has 0 radical (unpaired) electrons. The number of ether oxygens (including phenoxy) is 1. The molecule has 3 heterocycles. The molecular formula is C13H15N3OS. The van der Waals surface area contributed by atoms with Crippen LogP contribution in [0.1, 0.15) is 16.1 Å². The molecule has 0 amide bonds. The van der Waals surface area contributed by atoms with Crippen LogP contribution in [0.15, 0.2) is 23.8 Å². The molecule has 0 fully saturated rings. The van der Waals surface area contributed by atoms with E-state index in [1.165, 1.54) is 10.4 Å². The van der Waals surface area contributed by atoms with E-state index in [1.807, 2.05) is 0 Å². The normalized spacial score (nSPS) is 14.9. The van der Waals surface area contributed by atoms with Crippen LogP contribution >= 0.6 is 11.3 Å². The monoisotopic (exact) mass is 261 g/mol. The van der Waals surface area contributed by atoms with Crippen molar-refractivity contribution < 1.29 is 4.74 Å². The number of nitrogens with one attached hydrogen (secondary N) is 1. The highest BCUT2D eigenvalue weighted by Crippen LogP contribution is 2.20. The van der Waals surface area contributed by atoms with Crippen molar-refractivity contribution in [3.63, 3.8) is 0 Å². The van der Waals surface area contributed by atoms with Crippen LogP contribution in [-0.4, -0.2) is 23.2 Å². The van der Waals surface area contributed by atoms with Gasteiger partial charge in [-0.15, -0.1) is 11.3 Å². The molecule has 5 heteroatoms. The lowest BCUT2D eigenvalue weighted by Gasteiger charge is -2.11. The zero-order valence-corrected chi connectivity index (χ0v) is 10.9. The minimum Gasteiger partial charge on any atom is -0.381 e. The Hall–Kier alpha value is -1.46. The molecule has 1 aliphatic rings. The number of thiophene rings is 1. The van der Waals surface area contributed by atoms with E-state index in [4.69, 9.17) is 4.74 Å². The molecule has 18 heavy (non-hydrogen) atoms. The summed E-state index contributed by atoms with van der Waals surface area (Å²) in [5.41, 5.74) is 2.34. The van der Waals surface area contributed by atoms with Crippen molar-refractivity contribution in [1.82, 2.24) is 9.97 Å². The Morgan fingerprint density at radius 2 is 2.22 bits per heavy atom. The van der Waals surface area contributed by atoms with E-state index >= 15 is 0 Å². The SMILES string of the molecule is c1csc(CNc2ncnc3c2CCOCC3)c1. The summed E-state index contributed by atoms with van der Waals surface area (Å²) in [6.45, 7) is 2.34. The highest BCUT2D eigenvalue weighted by molar-refractivity contribution is 7.09. The Balaban J connectivity index is 1.79.